The standard InChI is InChI=1S/C14H19N3O4S/c1-20-12-2-4-13(5-3-12)22(18,19)17-7-6-15-14(17)16-8-10-21-11-9-16/h2-5H,6-11H2,1H3. The number of hydrogen-bond donors (Lipinski definition) is 0. The summed E-state index contributed by atoms with van der Waals surface area (Å²) < 4.78 is 37.4. The zero-order valence-electron chi connectivity index (χ0n) is 12.4. The molecule has 8 heteroatoms. The summed E-state index contributed by atoms with van der Waals surface area (Å²) in [6.45, 7) is 3.37. The minimum Gasteiger partial charge on any atom is -0.497 e. The van der Waals surface area contributed by atoms with Crippen molar-refractivity contribution in [3.05, 3.63) is 24.3 Å². The number of methoxy groups -OCH3 is 1. The van der Waals surface area contributed by atoms with Crippen molar-refractivity contribution in [3.63, 3.8) is 0 Å². The smallest absolute Gasteiger partial charge is 0.266 e. The maximum absolute atomic E-state index is 12.8. The number of ether oxygens (including phenoxy) is 2. The first-order valence-corrected chi connectivity index (χ1v) is 8.61. The van der Waals surface area contributed by atoms with Gasteiger partial charge in [0, 0.05) is 13.1 Å². The van der Waals surface area contributed by atoms with Gasteiger partial charge in [0.05, 0.1) is 38.3 Å². The van der Waals surface area contributed by atoms with Crippen molar-refractivity contribution < 1.29 is 17.9 Å². The van der Waals surface area contributed by atoms with Crippen LogP contribution in [0, 0.1) is 0 Å². The lowest BCUT2D eigenvalue weighted by Gasteiger charge is -2.32. The Bertz CT molecular complexity index is 651. The second-order valence-corrected chi connectivity index (χ2v) is 6.90. The highest BCUT2D eigenvalue weighted by atomic mass is 32.2. The van der Waals surface area contributed by atoms with Gasteiger partial charge in [-0.15, -0.1) is 0 Å². The van der Waals surface area contributed by atoms with Gasteiger partial charge in [0.15, 0.2) is 0 Å². The van der Waals surface area contributed by atoms with Crippen LogP contribution in [0.4, 0.5) is 0 Å². The molecule has 0 atom stereocenters. The number of hydrogen-bond acceptors (Lipinski definition) is 6. The number of nitrogens with zero attached hydrogens (tertiary/aromatic N) is 3. The van der Waals surface area contributed by atoms with Crippen molar-refractivity contribution >= 4 is 16.0 Å². The molecule has 1 aromatic carbocycles. The average molecular weight is 325 g/mol. The van der Waals surface area contributed by atoms with Crippen LogP contribution >= 0.6 is 0 Å². The maximum Gasteiger partial charge on any atom is 0.266 e. The van der Waals surface area contributed by atoms with Crippen molar-refractivity contribution in [1.29, 1.82) is 0 Å². The first-order valence-electron chi connectivity index (χ1n) is 7.17. The van der Waals surface area contributed by atoms with Crippen LogP contribution < -0.4 is 4.74 Å². The number of sulfonamides is 1. The molecule has 0 unspecified atom stereocenters. The first-order chi connectivity index (χ1) is 10.6. The van der Waals surface area contributed by atoms with E-state index in [9.17, 15) is 8.42 Å². The Balaban J connectivity index is 1.85. The second kappa shape index (κ2) is 6.13. The van der Waals surface area contributed by atoms with Crippen molar-refractivity contribution in [2.45, 2.75) is 4.90 Å². The van der Waals surface area contributed by atoms with Crippen LogP contribution in [0.5, 0.6) is 5.75 Å². The molecule has 7 nitrogen and oxygen atoms in total. The van der Waals surface area contributed by atoms with Crippen LogP contribution in [0.15, 0.2) is 34.2 Å². The van der Waals surface area contributed by atoms with E-state index in [1.807, 2.05) is 4.90 Å². The molecule has 0 N–H and O–H groups in total. The molecule has 120 valence electrons. The first kappa shape index (κ1) is 15.1. The molecule has 1 aromatic rings. The Kier molecular flexibility index (Phi) is 4.21. The highest BCUT2D eigenvalue weighted by Gasteiger charge is 2.34. The molecule has 3 rings (SSSR count). The lowest BCUT2D eigenvalue weighted by molar-refractivity contribution is 0.0652. The Morgan fingerprint density at radius 2 is 1.82 bits per heavy atom. The largest absolute Gasteiger partial charge is 0.497 e. The normalized spacial score (nSPS) is 19.2. The molecule has 0 bridgehead atoms. The number of morpholine rings is 1. The molecule has 22 heavy (non-hydrogen) atoms. The molecule has 0 aromatic heterocycles. The van der Waals surface area contributed by atoms with E-state index in [2.05, 4.69) is 4.99 Å². The molecule has 0 spiro atoms. The topological polar surface area (TPSA) is 71.4 Å². The summed E-state index contributed by atoms with van der Waals surface area (Å²) in [5.41, 5.74) is 0. The van der Waals surface area contributed by atoms with Gasteiger partial charge in [0.2, 0.25) is 5.96 Å². The van der Waals surface area contributed by atoms with E-state index in [1.165, 1.54) is 4.31 Å². The van der Waals surface area contributed by atoms with Crippen LogP contribution in [0.2, 0.25) is 0 Å². The Hall–Kier alpha value is -1.80. The van der Waals surface area contributed by atoms with Gasteiger partial charge >= 0.3 is 0 Å². The lowest BCUT2D eigenvalue weighted by Crippen LogP contribution is -2.49. The minimum absolute atomic E-state index is 0.246. The summed E-state index contributed by atoms with van der Waals surface area (Å²) in [6, 6.07) is 6.41. The third kappa shape index (κ3) is 2.76. The molecular weight excluding hydrogens is 306 g/mol. The third-order valence-corrected chi connectivity index (χ3v) is 5.51. The summed E-state index contributed by atoms with van der Waals surface area (Å²) in [7, 11) is -2.05. The average Bonchev–Trinajstić information content (AvgIpc) is 3.06. The molecule has 1 fully saturated rings. The number of benzene rings is 1. The predicted molar refractivity (Wildman–Crippen MR) is 81.6 cm³/mol. The van der Waals surface area contributed by atoms with Gasteiger partial charge in [-0.1, -0.05) is 0 Å². The number of aliphatic imine (C=N–C) groups is 1. The lowest BCUT2D eigenvalue weighted by atomic mass is 10.3. The van der Waals surface area contributed by atoms with Gasteiger partial charge in [-0.05, 0) is 24.3 Å². The highest BCUT2D eigenvalue weighted by molar-refractivity contribution is 7.89. The van der Waals surface area contributed by atoms with Crippen LogP contribution in [-0.2, 0) is 14.8 Å². The Labute approximate surface area is 130 Å². The Morgan fingerprint density at radius 3 is 2.45 bits per heavy atom. The van der Waals surface area contributed by atoms with E-state index in [0.717, 1.165) is 0 Å². The van der Waals surface area contributed by atoms with Crippen LogP contribution in [0.25, 0.3) is 0 Å². The second-order valence-electron chi connectivity index (χ2n) is 5.03. The fourth-order valence-corrected chi connectivity index (χ4v) is 3.99. The number of guanidine groups is 1. The molecule has 2 aliphatic heterocycles. The monoisotopic (exact) mass is 325 g/mol. The molecule has 0 radical (unpaired) electrons. The van der Waals surface area contributed by atoms with Gasteiger partial charge in [-0.2, -0.15) is 0 Å². The molecule has 0 aliphatic carbocycles. The van der Waals surface area contributed by atoms with E-state index < -0.39 is 10.0 Å². The van der Waals surface area contributed by atoms with Gasteiger partial charge in [-0.25, -0.2) is 12.7 Å². The fourth-order valence-electron chi connectivity index (χ4n) is 2.54. The molecule has 0 amide bonds. The summed E-state index contributed by atoms with van der Waals surface area (Å²) >= 11 is 0. The van der Waals surface area contributed by atoms with Crippen molar-refractivity contribution in [1.82, 2.24) is 9.21 Å². The van der Waals surface area contributed by atoms with Crippen LogP contribution in [0.3, 0.4) is 0 Å². The fraction of sp³-hybridized carbons (Fsp3) is 0.500. The van der Waals surface area contributed by atoms with E-state index in [-0.39, 0.29) is 4.90 Å². The van der Waals surface area contributed by atoms with Crippen LogP contribution in [-0.4, -0.2) is 70.1 Å². The summed E-state index contributed by atoms with van der Waals surface area (Å²) in [6.07, 6.45) is 0. The molecular formula is C14H19N3O4S. The molecule has 2 heterocycles. The van der Waals surface area contributed by atoms with E-state index in [4.69, 9.17) is 9.47 Å². The van der Waals surface area contributed by atoms with Gasteiger partial charge in [0.25, 0.3) is 10.0 Å². The zero-order valence-corrected chi connectivity index (χ0v) is 13.3. The van der Waals surface area contributed by atoms with Crippen LogP contribution in [0.1, 0.15) is 0 Å². The highest BCUT2D eigenvalue weighted by Crippen LogP contribution is 2.22. The quantitative estimate of drug-likeness (QED) is 0.804. The summed E-state index contributed by atoms with van der Waals surface area (Å²) in [4.78, 5) is 6.59. The molecule has 2 aliphatic rings. The molecule has 0 saturated carbocycles. The summed E-state index contributed by atoms with van der Waals surface area (Å²) in [5.74, 6) is 1.15. The van der Waals surface area contributed by atoms with E-state index in [0.29, 0.717) is 51.1 Å². The van der Waals surface area contributed by atoms with Gasteiger partial charge < -0.3 is 14.4 Å². The minimum atomic E-state index is -3.60. The van der Waals surface area contributed by atoms with Gasteiger partial charge in [0.1, 0.15) is 5.75 Å². The van der Waals surface area contributed by atoms with E-state index in [1.54, 1.807) is 31.4 Å². The van der Waals surface area contributed by atoms with Crippen molar-refractivity contribution in [3.8, 4) is 5.75 Å². The maximum atomic E-state index is 12.8. The zero-order chi connectivity index (χ0) is 15.6. The van der Waals surface area contributed by atoms with Crippen molar-refractivity contribution in [2.75, 3.05) is 46.5 Å². The third-order valence-electron chi connectivity index (χ3n) is 3.72. The molecule has 1 saturated heterocycles. The SMILES string of the molecule is COc1ccc(S(=O)(=O)N2CCN=C2N2CCOCC2)cc1. The Morgan fingerprint density at radius 1 is 1.14 bits per heavy atom. The number of rotatable bonds is 3. The predicted octanol–water partition coefficient (Wildman–Crippen LogP) is 0.388. The van der Waals surface area contributed by atoms with Gasteiger partial charge in [-0.3, -0.25) is 4.99 Å². The summed E-state index contributed by atoms with van der Waals surface area (Å²) in [5, 5.41) is 0. The van der Waals surface area contributed by atoms with Crippen molar-refractivity contribution in [2.24, 2.45) is 4.99 Å². The van der Waals surface area contributed by atoms with E-state index >= 15 is 0 Å².